The topological polar surface area (TPSA) is 94.1 Å². The first kappa shape index (κ1) is 27.7. The molecular weight excluding hydrogens is 505 g/mol. The zero-order valence-electron chi connectivity index (χ0n) is 23.5. The number of aryl methyl sites for hydroxylation is 1. The predicted molar refractivity (Wildman–Crippen MR) is 155 cm³/mol. The van der Waals surface area contributed by atoms with Crippen LogP contribution in [0, 0.1) is 6.92 Å². The number of hydrogen-bond acceptors (Lipinski definition) is 5. The fraction of sp³-hybridized carbons (Fsp3) is 0.312. The normalized spacial score (nSPS) is 17.3. The van der Waals surface area contributed by atoms with E-state index in [1.807, 2.05) is 58.9 Å². The van der Waals surface area contributed by atoms with Gasteiger partial charge in [-0.15, -0.1) is 0 Å². The summed E-state index contributed by atoms with van der Waals surface area (Å²) in [6.07, 6.45) is 1.15. The molecule has 0 spiro atoms. The van der Waals surface area contributed by atoms with E-state index in [9.17, 15) is 14.7 Å². The Hall–Kier alpha value is -3.88. The van der Waals surface area contributed by atoms with Crippen LogP contribution in [0.3, 0.4) is 0 Å². The Labute approximate surface area is 235 Å². The van der Waals surface area contributed by atoms with Gasteiger partial charge in [-0.3, -0.25) is 0 Å². The van der Waals surface area contributed by atoms with E-state index in [1.165, 1.54) is 0 Å². The third-order valence-corrected chi connectivity index (χ3v) is 8.11. The lowest BCUT2D eigenvalue weighted by Gasteiger charge is -2.32. The summed E-state index contributed by atoms with van der Waals surface area (Å²) in [5.74, 6) is -1.09. The fourth-order valence-corrected chi connectivity index (χ4v) is 5.22. The molecule has 1 aliphatic heterocycles. The molecular formula is C32H34BNO6. The number of aromatic carboxylic acids is 1. The maximum absolute atomic E-state index is 12.9. The van der Waals surface area contributed by atoms with Crippen molar-refractivity contribution in [2.45, 2.75) is 51.7 Å². The zero-order chi connectivity index (χ0) is 28.7. The van der Waals surface area contributed by atoms with Crippen molar-refractivity contribution in [2.75, 3.05) is 13.2 Å². The van der Waals surface area contributed by atoms with Gasteiger partial charge in [0.05, 0.1) is 16.8 Å². The minimum Gasteiger partial charge on any atom is -0.478 e. The standard InChI is InChI=1S/C32H34BNO6/c1-20-14-15-23(29(35)36)21(16-20)17-22(33-39-31(2,3)32(4,5)40-33)18-34-30(37)38-19-28-26-12-8-6-10-24(26)25-11-7-9-13-27(25)28/h6-17,28H,18-19H2,1-5H3,(H,34,37)(H,35,36). The molecule has 0 radical (unpaired) electrons. The molecule has 8 heteroatoms. The van der Waals surface area contributed by atoms with Crippen molar-refractivity contribution in [1.29, 1.82) is 0 Å². The Kier molecular flexibility index (Phi) is 7.33. The number of ether oxygens (including phenoxy) is 1. The second-order valence-corrected chi connectivity index (χ2v) is 11.4. The fourth-order valence-electron chi connectivity index (χ4n) is 5.22. The molecule has 0 bridgehead atoms. The molecule has 2 aliphatic rings. The molecule has 5 rings (SSSR count). The van der Waals surface area contributed by atoms with Gasteiger partial charge in [0.15, 0.2) is 0 Å². The van der Waals surface area contributed by atoms with E-state index in [4.69, 9.17) is 14.0 Å². The molecule has 206 valence electrons. The Bertz CT molecular complexity index is 1430. The van der Waals surface area contributed by atoms with Crippen LogP contribution in [0.1, 0.15) is 66.2 Å². The molecule has 1 fully saturated rings. The Morgan fingerprint density at radius 3 is 2.10 bits per heavy atom. The van der Waals surface area contributed by atoms with E-state index in [2.05, 4.69) is 29.6 Å². The number of hydrogen-bond donors (Lipinski definition) is 2. The minimum absolute atomic E-state index is 0.0540. The number of nitrogens with one attached hydrogen (secondary N) is 1. The van der Waals surface area contributed by atoms with E-state index in [0.717, 1.165) is 27.8 Å². The lowest BCUT2D eigenvalue weighted by molar-refractivity contribution is 0.00578. The summed E-state index contributed by atoms with van der Waals surface area (Å²) >= 11 is 0. The number of carboxylic acid groups (broad SMARTS) is 1. The van der Waals surface area contributed by atoms with Crippen molar-refractivity contribution >= 4 is 25.3 Å². The molecule has 0 aromatic heterocycles. The van der Waals surface area contributed by atoms with Crippen LogP contribution in [0.4, 0.5) is 4.79 Å². The summed E-state index contributed by atoms with van der Waals surface area (Å²) in [5.41, 5.74) is 5.52. The molecule has 3 aromatic carbocycles. The molecule has 7 nitrogen and oxygen atoms in total. The second-order valence-electron chi connectivity index (χ2n) is 11.4. The van der Waals surface area contributed by atoms with Gasteiger partial charge in [-0.1, -0.05) is 72.3 Å². The third kappa shape index (κ3) is 5.29. The highest BCUT2D eigenvalue weighted by molar-refractivity contribution is 6.56. The van der Waals surface area contributed by atoms with Gasteiger partial charge in [0.25, 0.3) is 0 Å². The number of carbonyl (C=O) groups is 2. The number of benzene rings is 3. The predicted octanol–water partition coefficient (Wildman–Crippen LogP) is 6.25. The van der Waals surface area contributed by atoms with Crippen molar-refractivity contribution in [3.63, 3.8) is 0 Å². The highest BCUT2D eigenvalue weighted by atomic mass is 16.7. The number of fused-ring (bicyclic) bond motifs is 3. The number of carboxylic acids is 1. The van der Waals surface area contributed by atoms with Crippen LogP contribution in [0.5, 0.6) is 0 Å². The number of carbonyl (C=O) groups excluding carboxylic acids is 1. The first-order chi connectivity index (χ1) is 19.0. The van der Waals surface area contributed by atoms with Gasteiger partial charge in [0.2, 0.25) is 0 Å². The molecule has 2 N–H and O–H groups in total. The molecule has 3 aromatic rings. The highest BCUT2D eigenvalue weighted by Gasteiger charge is 2.52. The molecule has 1 amide bonds. The minimum atomic E-state index is -1.04. The van der Waals surface area contributed by atoms with Crippen LogP contribution in [0.2, 0.25) is 0 Å². The van der Waals surface area contributed by atoms with Gasteiger partial charge in [-0.05, 0) is 74.0 Å². The molecule has 1 saturated heterocycles. The summed E-state index contributed by atoms with van der Waals surface area (Å²) in [7, 11) is -0.777. The highest BCUT2D eigenvalue weighted by Crippen LogP contribution is 2.44. The van der Waals surface area contributed by atoms with Gasteiger partial charge in [0, 0.05) is 12.5 Å². The van der Waals surface area contributed by atoms with Crippen molar-refractivity contribution in [1.82, 2.24) is 5.32 Å². The smallest absolute Gasteiger partial charge is 0.478 e. The molecule has 0 unspecified atom stereocenters. The van der Waals surface area contributed by atoms with Crippen LogP contribution in [0.25, 0.3) is 17.2 Å². The van der Waals surface area contributed by atoms with Gasteiger partial charge in [-0.25, -0.2) is 9.59 Å². The number of amides is 1. The lowest BCUT2D eigenvalue weighted by atomic mass is 9.76. The zero-order valence-corrected chi connectivity index (χ0v) is 23.5. The van der Waals surface area contributed by atoms with Crippen LogP contribution in [-0.4, -0.2) is 48.6 Å². The summed E-state index contributed by atoms with van der Waals surface area (Å²) in [5, 5.41) is 12.6. The Morgan fingerprint density at radius 1 is 0.950 bits per heavy atom. The van der Waals surface area contributed by atoms with Crippen molar-refractivity contribution in [3.05, 3.63) is 100 Å². The van der Waals surface area contributed by atoms with Crippen molar-refractivity contribution < 1.29 is 28.7 Å². The summed E-state index contributed by atoms with van der Waals surface area (Å²) in [4.78, 5) is 24.9. The first-order valence-electron chi connectivity index (χ1n) is 13.5. The van der Waals surface area contributed by atoms with Crippen molar-refractivity contribution in [3.8, 4) is 11.1 Å². The first-order valence-corrected chi connectivity index (χ1v) is 13.5. The molecule has 1 heterocycles. The molecule has 0 atom stereocenters. The summed E-state index contributed by atoms with van der Waals surface area (Å²) < 4.78 is 18.2. The molecule has 40 heavy (non-hydrogen) atoms. The van der Waals surface area contributed by atoms with Gasteiger partial charge in [-0.2, -0.15) is 0 Å². The van der Waals surface area contributed by atoms with Crippen LogP contribution in [0.15, 0.2) is 72.2 Å². The largest absolute Gasteiger partial charge is 0.492 e. The van der Waals surface area contributed by atoms with Gasteiger partial charge >= 0.3 is 19.2 Å². The van der Waals surface area contributed by atoms with E-state index in [1.54, 1.807) is 24.3 Å². The number of rotatable bonds is 7. The van der Waals surface area contributed by atoms with E-state index in [0.29, 0.717) is 11.0 Å². The van der Waals surface area contributed by atoms with Crippen LogP contribution < -0.4 is 5.32 Å². The van der Waals surface area contributed by atoms with Crippen molar-refractivity contribution in [2.24, 2.45) is 0 Å². The maximum atomic E-state index is 12.9. The lowest BCUT2D eigenvalue weighted by Crippen LogP contribution is -2.41. The van der Waals surface area contributed by atoms with E-state index in [-0.39, 0.29) is 24.6 Å². The van der Waals surface area contributed by atoms with E-state index >= 15 is 0 Å². The third-order valence-electron chi connectivity index (χ3n) is 8.11. The van der Waals surface area contributed by atoms with Gasteiger partial charge in [0.1, 0.15) is 6.61 Å². The van der Waals surface area contributed by atoms with Crippen LogP contribution >= 0.6 is 0 Å². The Morgan fingerprint density at radius 2 is 1.52 bits per heavy atom. The SMILES string of the molecule is Cc1ccc(C(=O)O)c(C=C(CNC(=O)OCC2c3ccccc3-c3ccccc32)B2OC(C)(C)C(C)(C)O2)c1. The summed E-state index contributed by atoms with van der Waals surface area (Å²) in [6.45, 7) is 9.92. The van der Waals surface area contributed by atoms with Gasteiger partial charge < -0.3 is 24.5 Å². The summed E-state index contributed by atoms with van der Waals surface area (Å²) in [6, 6.07) is 21.5. The average Bonchev–Trinajstić information content (AvgIpc) is 3.34. The molecule has 0 saturated carbocycles. The monoisotopic (exact) mass is 539 g/mol. The average molecular weight is 539 g/mol. The Balaban J connectivity index is 1.35. The molecule has 1 aliphatic carbocycles. The van der Waals surface area contributed by atoms with Crippen LogP contribution in [-0.2, 0) is 14.0 Å². The quantitative estimate of drug-likeness (QED) is 0.345. The second kappa shape index (κ2) is 10.6. The maximum Gasteiger partial charge on any atom is 0.492 e. The number of alkyl carbamates (subject to hydrolysis) is 1. The van der Waals surface area contributed by atoms with E-state index < -0.39 is 30.4 Å².